The largest absolute Gasteiger partial charge is 0.327 e. The minimum Gasteiger partial charge on any atom is -0.327 e. The smallest absolute Gasteiger partial charge is 0.323 e. The van der Waals surface area contributed by atoms with Gasteiger partial charge in [-0.25, -0.2) is 4.79 Å². The lowest BCUT2D eigenvalue weighted by Crippen LogP contribution is -2.32. The van der Waals surface area contributed by atoms with E-state index in [9.17, 15) is 9.59 Å². The van der Waals surface area contributed by atoms with E-state index in [0.29, 0.717) is 24.0 Å². The average Bonchev–Trinajstić information content (AvgIpc) is 2.77. The predicted octanol–water partition coefficient (Wildman–Crippen LogP) is 3.03. The molecule has 0 radical (unpaired) electrons. The molecule has 1 aliphatic rings. The molecule has 1 heterocycles. The van der Waals surface area contributed by atoms with E-state index >= 15 is 0 Å². The van der Waals surface area contributed by atoms with Crippen LogP contribution in [-0.4, -0.2) is 41.0 Å². The zero-order chi connectivity index (χ0) is 15.1. The Morgan fingerprint density at radius 3 is 2.71 bits per heavy atom. The number of carbonyl (C=O) groups excluding carboxylic acids is 2. The first kappa shape index (κ1) is 15.9. The lowest BCUT2D eigenvalue weighted by atomic mass is 10.0. The highest BCUT2D eigenvalue weighted by Gasteiger charge is 2.19. The quantitative estimate of drug-likeness (QED) is 0.670. The van der Waals surface area contributed by atoms with Crippen LogP contribution in [0.2, 0.25) is 0 Å². The predicted molar refractivity (Wildman–Crippen MR) is 82.7 cm³/mol. The standard InChI is InChI=1S/C14H22N4O2S/c1-18(9-6-10-19)14(20)15-13-17-16-12(21-13)11-7-4-2-3-5-8-11/h10-11H,2-9H2,1H3,(H,15,17,20). The molecule has 1 saturated carbocycles. The molecule has 0 bridgehead atoms. The zero-order valence-electron chi connectivity index (χ0n) is 12.4. The number of hydrogen-bond acceptors (Lipinski definition) is 5. The Morgan fingerprint density at radius 2 is 2.05 bits per heavy atom. The first-order chi connectivity index (χ1) is 10.2. The lowest BCUT2D eigenvalue weighted by Gasteiger charge is -2.14. The molecule has 2 rings (SSSR count). The molecule has 7 heteroatoms. The summed E-state index contributed by atoms with van der Waals surface area (Å²) in [4.78, 5) is 23.7. The van der Waals surface area contributed by atoms with Crippen LogP contribution in [0.5, 0.6) is 0 Å². The fourth-order valence-electron chi connectivity index (χ4n) is 2.51. The van der Waals surface area contributed by atoms with Crippen molar-refractivity contribution >= 4 is 28.8 Å². The van der Waals surface area contributed by atoms with E-state index in [1.807, 2.05) is 0 Å². The molecule has 116 valence electrons. The van der Waals surface area contributed by atoms with Crippen LogP contribution in [0.4, 0.5) is 9.93 Å². The summed E-state index contributed by atoms with van der Waals surface area (Å²) < 4.78 is 0. The molecule has 0 unspecified atom stereocenters. The van der Waals surface area contributed by atoms with Gasteiger partial charge in [0.1, 0.15) is 11.3 Å². The topological polar surface area (TPSA) is 75.2 Å². The lowest BCUT2D eigenvalue weighted by molar-refractivity contribution is -0.107. The molecule has 1 aromatic heterocycles. The van der Waals surface area contributed by atoms with Crippen molar-refractivity contribution in [2.24, 2.45) is 0 Å². The number of nitrogens with zero attached hydrogens (tertiary/aromatic N) is 3. The van der Waals surface area contributed by atoms with Crippen molar-refractivity contribution in [3.8, 4) is 0 Å². The van der Waals surface area contributed by atoms with Crippen LogP contribution in [0.3, 0.4) is 0 Å². The van der Waals surface area contributed by atoms with Gasteiger partial charge in [0.25, 0.3) is 0 Å². The SMILES string of the molecule is CN(CCC=O)C(=O)Nc1nnc(C2CCCCCC2)s1. The van der Waals surface area contributed by atoms with E-state index in [1.54, 1.807) is 7.05 Å². The van der Waals surface area contributed by atoms with Gasteiger partial charge in [-0.3, -0.25) is 5.32 Å². The van der Waals surface area contributed by atoms with Crippen LogP contribution < -0.4 is 5.32 Å². The minimum absolute atomic E-state index is 0.250. The molecule has 1 aromatic rings. The number of carbonyl (C=O) groups is 2. The fraction of sp³-hybridized carbons (Fsp3) is 0.714. The summed E-state index contributed by atoms with van der Waals surface area (Å²) in [6.45, 7) is 0.406. The van der Waals surface area contributed by atoms with Gasteiger partial charge in [0.2, 0.25) is 5.13 Å². The number of anilines is 1. The molecule has 0 aliphatic heterocycles. The maximum absolute atomic E-state index is 11.9. The number of aromatic nitrogens is 2. The number of amides is 2. The normalized spacial score (nSPS) is 16.2. The van der Waals surface area contributed by atoms with E-state index in [2.05, 4.69) is 15.5 Å². The van der Waals surface area contributed by atoms with Gasteiger partial charge in [0.15, 0.2) is 0 Å². The van der Waals surface area contributed by atoms with Crippen LogP contribution in [0.1, 0.15) is 55.9 Å². The number of hydrogen-bond donors (Lipinski definition) is 1. The third kappa shape index (κ3) is 4.77. The van der Waals surface area contributed by atoms with Gasteiger partial charge >= 0.3 is 6.03 Å². The zero-order valence-corrected chi connectivity index (χ0v) is 13.2. The molecule has 0 atom stereocenters. The van der Waals surface area contributed by atoms with E-state index in [1.165, 1.54) is 54.8 Å². The van der Waals surface area contributed by atoms with Crippen molar-refractivity contribution in [3.63, 3.8) is 0 Å². The molecule has 1 N–H and O–H groups in total. The molecule has 1 fully saturated rings. The maximum Gasteiger partial charge on any atom is 0.323 e. The van der Waals surface area contributed by atoms with Crippen molar-refractivity contribution in [1.29, 1.82) is 0 Å². The monoisotopic (exact) mass is 310 g/mol. The van der Waals surface area contributed by atoms with Crippen molar-refractivity contribution in [1.82, 2.24) is 15.1 Å². The molecule has 0 spiro atoms. The summed E-state index contributed by atoms with van der Waals surface area (Å²) >= 11 is 1.47. The van der Waals surface area contributed by atoms with Gasteiger partial charge in [0, 0.05) is 25.9 Å². The maximum atomic E-state index is 11.9. The number of nitrogens with one attached hydrogen (secondary N) is 1. The van der Waals surface area contributed by atoms with Crippen molar-refractivity contribution in [3.05, 3.63) is 5.01 Å². The highest BCUT2D eigenvalue weighted by molar-refractivity contribution is 7.15. The molecule has 6 nitrogen and oxygen atoms in total. The van der Waals surface area contributed by atoms with E-state index in [4.69, 9.17) is 0 Å². The Labute approximate surface area is 128 Å². The Hall–Kier alpha value is -1.50. The van der Waals surface area contributed by atoms with Gasteiger partial charge in [-0.05, 0) is 12.8 Å². The minimum atomic E-state index is -0.250. The molecule has 0 saturated heterocycles. The Morgan fingerprint density at radius 1 is 1.33 bits per heavy atom. The van der Waals surface area contributed by atoms with Crippen molar-refractivity contribution < 1.29 is 9.59 Å². The molecular formula is C14H22N4O2S. The number of aldehydes is 1. The average molecular weight is 310 g/mol. The van der Waals surface area contributed by atoms with Gasteiger partial charge in [0.05, 0.1) is 0 Å². The Bertz CT molecular complexity index is 469. The van der Waals surface area contributed by atoms with Crippen molar-refractivity contribution in [2.75, 3.05) is 18.9 Å². The van der Waals surface area contributed by atoms with Crippen molar-refractivity contribution in [2.45, 2.75) is 50.9 Å². The molecular weight excluding hydrogens is 288 g/mol. The Balaban J connectivity index is 1.90. The molecule has 0 aromatic carbocycles. The van der Waals surface area contributed by atoms with Gasteiger partial charge < -0.3 is 9.69 Å². The van der Waals surface area contributed by atoms with E-state index in [-0.39, 0.29) is 6.03 Å². The Kier molecular flexibility index (Phi) is 6.10. The summed E-state index contributed by atoms with van der Waals surface area (Å²) in [6.07, 6.45) is 8.59. The summed E-state index contributed by atoms with van der Waals surface area (Å²) in [5, 5.41) is 12.6. The second-order valence-electron chi connectivity index (χ2n) is 5.44. The number of urea groups is 1. The third-order valence-corrected chi connectivity index (χ3v) is 4.79. The van der Waals surface area contributed by atoms with Crippen LogP contribution >= 0.6 is 11.3 Å². The second-order valence-corrected chi connectivity index (χ2v) is 6.45. The van der Waals surface area contributed by atoms with Crippen LogP contribution in [0.25, 0.3) is 0 Å². The van der Waals surface area contributed by atoms with Crippen LogP contribution in [0.15, 0.2) is 0 Å². The van der Waals surface area contributed by atoms with Crippen LogP contribution in [-0.2, 0) is 4.79 Å². The first-order valence-corrected chi connectivity index (χ1v) is 8.31. The van der Waals surface area contributed by atoms with E-state index in [0.717, 1.165) is 11.3 Å². The summed E-state index contributed by atoms with van der Waals surface area (Å²) in [6, 6.07) is -0.250. The highest BCUT2D eigenvalue weighted by Crippen LogP contribution is 2.34. The summed E-state index contributed by atoms with van der Waals surface area (Å²) in [5.74, 6) is 0.489. The third-order valence-electron chi connectivity index (χ3n) is 3.79. The van der Waals surface area contributed by atoms with Gasteiger partial charge in [-0.2, -0.15) is 0 Å². The number of rotatable bonds is 5. The second kappa shape index (κ2) is 8.07. The summed E-state index contributed by atoms with van der Waals surface area (Å²) in [7, 11) is 1.66. The van der Waals surface area contributed by atoms with Gasteiger partial charge in [-0.15, -0.1) is 10.2 Å². The summed E-state index contributed by atoms with van der Waals surface area (Å²) in [5.41, 5.74) is 0. The first-order valence-electron chi connectivity index (χ1n) is 7.50. The van der Waals surface area contributed by atoms with Gasteiger partial charge in [-0.1, -0.05) is 37.0 Å². The molecule has 2 amide bonds. The molecule has 1 aliphatic carbocycles. The van der Waals surface area contributed by atoms with Crippen LogP contribution in [0, 0.1) is 0 Å². The fourth-order valence-corrected chi connectivity index (χ4v) is 3.41. The highest BCUT2D eigenvalue weighted by atomic mass is 32.1. The van der Waals surface area contributed by atoms with E-state index < -0.39 is 0 Å². The molecule has 21 heavy (non-hydrogen) atoms.